The van der Waals surface area contributed by atoms with E-state index in [9.17, 15) is 9.59 Å². The summed E-state index contributed by atoms with van der Waals surface area (Å²) in [5.41, 5.74) is 3.21. The van der Waals surface area contributed by atoms with Gasteiger partial charge in [-0.1, -0.05) is 18.2 Å². The minimum Gasteiger partial charge on any atom is -0.487 e. The second-order valence-electron chi connectivity index (χ2n) is 5.75. The van der Waals surface area contributed by atoms with E-state index in [1.165, 1.54) is 11.3 Å². The third-order valence-corrected chi connectivity index (χ3v) is 4.63. The van der Waals surface area contributed by atoms with Crippen molar-refractivity contribution < 1.29 is 14.3 Å². The zero-order chi connectivity index (χ0) is 18.4. The molecule has 1 aromatic heterocycles. The van der Waals surface area contributed by atoms with E-state index >= 15 is 0 Å². The van der Waals surface area contributed by atoms with Gasteiger partial charge in [-0.2, -0.15) is 0 Å². The minimum atomic E-state index is -0.0921. The number of nitrogens with one attached hydrogen (secondary N) is 1. The van der Waals surface area contributed by atoms with E-state index in [1.807, 2.05) is 36.6 Å². The molecule has 5 nitrogen and oxygen atoms in total. The highest BCUT2D eigenvalue weighted by Crippen LogP contribution is 2.17. The van der Waals surface area contributed by atoms with Gasteiger partial charge in [0.15, 0.2) is 0 Å². The number of ether oxygens (including phenoxy) is 1. The topological polar surface area (TPSA) is 68.3 Å². The normalized spacial score (nSPS) is 10.3. The van der Waals surface area contributed by atoms with Crippen LogP contribution in [0, 0.1) is 6.92 Å². The van der Waals surface area contributed by atoms with Gasteiger partial charge >= 0.3 is 0 Å². The smallest absolute Gasteiger partial charge is 0.231 e. The quantitative estimate of drug-likeness (QED) is 0.641. The SMILES string of the molecule is Cc1ccccc1NC(=O)Cc1nc(COc2ccc(C=O)cc2)cs1. The van der Waals surface area contributed by atoms with Crippen LogP contribution >= 0.6 is 11.3 Å². The molecule has 0 bridgehead atoms. The lowest BCUT2D eigenvalue weighted by molar-refractivity contribution is -0.115. The molecule has 0 aliphatic rings. The van der Waals surface area contributed by atoms with Gasteiger partial charge in [-0.05, 0) is 42.8 Å². The van der Waals surface area contributed by atoms with Gasteiger partial charge in [0, 0.05) is 16.6 Å². The summed E-state index contributed by atoms with van der Waals surface area (Å²) in [6.45, 7) is 2.27. The Morgan fingerprint density at radius 3 is 2.69 bits per heavy atom. The number of aromatic nitrogens is 1. The number of amides is 1. The van der Waals surface area contributed by atoms with Gasteiger partial charge in [0.25, 0.3) is 0 Å². The average molecular weight is 366 g/mol. The number of para-hydroxylation sites is 1. The molecular formula is C20H18N2O3S. The average Bonchev–Trinajstić information content (AvgIpc) is 3.09. The summed E-state index contributed by atoms with van der Waals surface area (Å²) in [7, 11) is 0. The number of carbonyl (C=O) groups is 2. The summed E-state index contributed by atoms with van der Waals surface area (Å²) in [5, 5.41) is 5.53. The van der Waals surface area contributed by atoms with Gasteiger partial charge in [0.1, 0.15) is 23.7 Å². The van der Waals surface area contributed by atoms with Crippen LogP contribution in [-0.4, -0.2) is 17.2 Å². The fourth-order valence-electron chi connectivity index (χ4n) is 2.34. The van der Waals surface area contributed by atoms with E-state index in [2.05, 4.69) is 10.3 Å². The molecule has 2 aromatic carbocycles. The first-order valence-corrected chi connectivity index (χ1v) is 8.99. The van der Waals surface area contributed by atoms with Crippen molar-refractivity contribution in [1.82, 2.24) is 4.98 Å². The molecule has 0 saturated heterocycles. The van der Waals surface area contributed by atoms with Crippen LogP contribution in [0.3, 0.4) is 0 Å². The van der Waals surface area contributed by atoms with Crippen molar-refractivity contribution >= 4 is 29.2 Å². The van der Waals surface area contributed by atoms with Crippen molar-refractivity contribution in [3.63, 3.8) is 0 Å². The monoisotopic (exact) mass is 366 g/mol. The Hall–Kier alpha value is -2.99. The third-order valence-electron chi connectivity index (χ3n) is 3.73. The summed E-state index contributed by atoms with van der Waals surface area (Å²) in [6, 6.07) is 14.5. The highest BCUT2D eigenvalue weighted by Gasteiger charge is 2.10. The predicted octanol–water partition coefficient (Wildman–Crippen LogP) is 4.02. The molecule has 0 radical (unpaired) electrons. The molecule has 26 heavy (non-hydrogen) atoms. The molecule has 1 amide bonds. The van der Waals surface area contributed by atoms with E-state index in [4.69, 9.17) is 4.74 Å². The molecule has 0 fully saturated rings. The van der Waals surface area contributed by atoms with Crippen LogP contribution < -0.4 is 10.1 Å². The highest BCUT2D eigenvalue weighted by molar-refractivity contribution is 7.09. The molecule has 3 aromatic rings. The van der Waals surface area contributed by atoms with Gasteiger partial charge < -0.3 is 10.1 Å². The van der Waals surface area contributed by atoms with Crippen molar-refractivity contribution in [3.05, 3.63) is 75.7 Å². The van der Waals surface area contributed by atoms with Gasteiger partial charge in [0.05, 0.1) is 12.1 Å². The van der Waals surface area contributed by atoms with Crippen LogP contribution in [0.25, 0.3) is 0 Å². The lowest BCUT2D eigenvalue weighted by Crippen LogP contribution is -2.15. The molecule has 1 N–H and O–H groups in total. The molecule has 0 unspecified atom stereocenters. The molecule has 0 atom stereocenters. The number of nitrogens with zero attached hydrogens (tertiary/aromatic N) is 1. The maximum Gasteiger partial charge on any atom is 0.231 e. The van der Waals surface area contributed by atoms with E-state index < -0.39 is 0 Å². The largest absolute Gasteiger partial charge is 0.487 e. The fraction of sp³-hybridized carbons (Fsp3) is 0.150. The molecule has 0 spiro atoms. The number of rotatable bonds is 7. The van der Waals surface area contributed by atoms with Crippen molar-refractivity contribution in [2.45, 2.75) is 20.0 Å². The molecule has 132 valence electrons. The first-order valence-electron chi connectivity index (χ1n) is 8.11. The standard InChI is InChI=1S/C20H18N2O3S/c1-14-4-2-3-5-18(14)22-19(24)10-20-21-16(13-26-20)12-25-17-8-6-15(11-23)7-9-17/h2-9,11,13H,10,12H2,1H3,(H,22,24). The third kappa shape index (κ3) is 4.77. The summed E-state index contributed by atoms with van der Waals surface area (Å²) in [5.74, 6) is 0.577. The van der Waals surface area contributed by atoms with Crippen LogP contribution in [-0.2, 0) is 17.8 Å². The number of anilines is 1. The number of hydrogen-bond acceptors (Lipinski definition) is 5. The summed E-state index contributed by atoms with van der Waals surface area (Å²) >= 11 is 1.44. The Balaban J connectivity index is 1.53. The highest BCUT2D eigenvalue weighted by atomic mass is 32.1. The Bertz CT molecular complexity index is 903. The molecule has 1 heterocycles. The van der Waals surface area contributed by atoms with Crippen molar-refractivity contribution in [1.29, 1.82) is 0 Å². The predicted molar refractivity (Wildman–Crippen MR) is 102 cm³/mol. The molecule has 0 saturated carbocycles. The zero-order valence-electron chi connectivity index (χ0n) is 14.3. The summed E-state index contributed by atoms with van der Waals surface area (Å²) < 4.78 is 5.65. The number of aldehydes is 1. The van der Waals surface area contributed by atoms with E-state index in [0.717, 1.165) is 28.2 Å². The fourth-order valence-corrected chi connectivity index (χ4v) is 3.12. The van der Waals surface area contributed by atoms with Crippen LogP contribution in [0.4, 0.5) is 5.69 Å². The Morgan fingerprint density at radius 2 is 1.96 bits per heavy atom. The minimum absolute atomic E-state index is 0.0921. The van der Waals surface area contributed by atoms with Crippen molar-refractivity contribution in [2.24, 2.45) is 0 Å². The zero-order valence-corrected chi connectivity index (χ0v) is 15.1. The number of thiazole rings is 1. The van der Waals surface area contributed by atoms with Gasteiger partial charge in [-0.15, -0.1) is 11.3 Å². The van der Waals surface area contributed by atoms with Crippen molar-refractivity contribution in [2.75, 3.05) is 5.32 Å². The van der Waals surface area contributed by atoms with Crippen LogP contribution in [0.15, 0.2) is 53.9 Å². The molecule has 0 aliphatic heterocycles. The lowest BCUT2D eigenvalue weighted by Gasteiger charge is -2.06. The van der Waals surface area contributed by atoms with E-state index in [1.54, 1.807) is 24.3 Å². The first kappa shape index (κ1) is 17.8. The molecule has 3 rings (SSSR count). The number of aryl methyl sites for hydroxylation is 1. The number of hydrogen-bond donors (Lipinski definition) is 1. The van der Waals surface area contributed by atoms with Gasteiger partial charge in [-0.3, -0.25) is 9.59 Å². The molecule has 0 aliphatic carbocycles. The molecular weight excluding hydrogens is 348 g/mol. The maximum absolute atomic E-state index is 12.2. The number of benzene rings is 2. The van der Waals surface area contributed by atoms with Gasteiger partial charge in [0.2, 0.25) is 5.91 Å². The van der Waals surface area contributed by atoms with Gasteiger partial charge in [-0.25, -0.2) is 4.98 Å². The summed E-state index contributed by atoms with van der Waals surface area (Å²) in [4.78, 5) is 27.3. The van der Waals surface area contributed by atoms with E-state index in [-0.39, 0.29) is 12.3 Å². The Labute approximate surface area is 155 Å². The second kappa shape index (κ2) is 8.40. The number of carbonyl (C=O) groups excluding carboxylic acids is 2. The Kier molecular flexibility index (Phi) is 5.76. The van der Waals surface area contributed by atoms with Crippen LogP contribution in [0.2, 0.25) is 0 Å². The summed E-state index contributed by atoms with van der Waals surface area (Å²) in [6.07, 6.45) is 1.02. The van der Waals surface area contributed by atoms with Crippen LogP contribution in [0.1, 0.15) is 26.6 Å². The lowest BCUT2D eigenvalue weighted by atomic mass is 10.2. The second-order valence-corrected chi connectivity index (χ2v) is 6.69. The van der Waals surface area contributed by atoms with Crippen molar-refractivity contribution in [3.8, 4) is 5.75 Å². The Morgan fingerprint density at radius 1 is 1.19 bits per heavy atom. The van der Waals surface area contributed by atoms with Crippen LogP contribution in [0.5, 0.6) is 5.75 Å². The molecule has 6 heteroatoms. The maximum atomic E-state index is 12.2. The first-order chi connectivity index (χ1) is 12.6. The van der Waals surface area contributed by atoms with E-state index in [0.29, 0.717) is 17.9 Å².